The van der Waals surface area contributed by atoms with Gasteiger partial charge < -0.3 is 10.6 Å². The van der Waals surface area contributed by atoms with Crippen molar-refractivity contribution in [3.63, 3.8) is 0 Å². The van der Waals surface area contributed by atoms with Gasteiger partial charge in [0.1, 0.15) is 0 Å². The van der Waals surface area contributed by atoms with Gasteiger partial charge in [-0.25, -0.2) is 0 Å². The van der Waals surface area contributed by atoms with Gasteiger partial charge in [-0.1, -0.05) is 153 Å². The molecule has 0 fully saturated rings. The molecule has 0 aliphatic rings. The summed E-state index contributed by atoms with van der Waals surface area (Å²) in [7, 11) is 0. The number of thiol groups is 2. The van der Waals surface area contributed by atoms with E-state index in [4.69, 9.17) is 0 Å². The molecule has 0 spiro atoms. The number of non-ortho nitro benzene ring substituents is 1. The smallest absolute Gasteiger partial charge is 0.269 e. The molecule has 4 aromatic carbocycles. The standard InChI is InChI=1S/C13H10N2O3S.C13H11NOS.8C2H6/c16-13(14-11-3-1-2-4-12(11)19)9-5-7-10(8-6-9)15(17)18;15-13(10-6-2-1-3-7-10)14-11-8-4-5-9-12(11)16;8*1-2/h1-8,19H,(H,14,16);1-9,16H,(H,14,15);8*1-2H3. The first-order valence-electron chi connectivity index (χ1n) is 18.3. The van der Waals surface area contributed by atoms with Gasteiger partial charge in [0.25, 0.3) is 17.5 Å². The number of nitrogens with zero attached hydrogens (tertiary/aromatic N) is 1. The van der Waals surface area contributed by atoms with Crippen LogP contribution < -0.4 is 10.6 Å². The van der Waals surface area contributed by atoms with Gasteiger partial charge in [0, 0.05) is 33.1 Å². The molecular formula is C42H69N3O4S2. The zero-order valence-electron chi connectivity index (χ0n) is 34.3. The fraction of sp³-hybridized carbons (Fsp3) is 0.381. The second-order valence-electron chi connectivity index (χ2n) is 7.11. The highest BCUT2D eigenvalue weighted by molar-refractivity contribution is 7.80. The Hall–Kier alpha value is -4.08. The summed E-state index contributed by atoms with van der Waals surface area (Å²) in [6.45, 7) is 32.0. The molecule has 0 radical (unpaired) electrons. The molecule has 0 bridgehead atoms. The molecule has 7 nitrogen and oxygen atoms in total. The van der Waals surface area contributed by atoms with Crippen molar-refractivity contribution in [3.05, 3.63) is 124 Å². The number of hydrogen-bond donors (Lipinski definition) is 4. The summed E-state index contributed by atoms with van der Waals surface area (Å²) in [5.41, 5.74) is 2.25. The Kier molecular flexibility index (Phi) is 53.2. The fourth-order valence-corrected chi connectivity index (χ4v) is 3.30. The Morgan fingerprint density at radius 1 is 0.451 bits per heavy atom. The molecule has 0 unspecified atom stereocenters. The van der Waals surface area contributed by atoms with Crippen molar-refractivity contribution in [3.8, 4) is 0 Å². The molecule has 0 heterocycles. The number of rotatable bonds is 5. The van der Waals surface area contributed by atoms with Crippen molar-refractivity contribution in [1.29, 1.82) is 0 Å². The number of amides is 2. The maximum Gasteiger partial charge on any atom is 0.269 e. The van der Waals surface area contributed by atoms with Gasteiger partial charge >= 0.3 is 0 Å². The minimum Gasteiger partial charge on any atom is -0.321 e. The number of benzene rings is 4. The summed E-state index contributed by atoms with van der Waals surface area (Å²) in [4.78, 5) is 35.2. The van der Waals surface area contributed by atoms with Gasteiger partial charge in [0.2, 0.25) is 0 Å². The quantitative estimate of drug-likeness (QED) is 0.0928. The van der Waals surface area contributed by atoms with E-state index in [0.717, 1.165) is 10.6 Å². The van der Waals surface area contributed by atoms with Crippen LogP contribution in [0.3, 0.4) is 0 Å². The van der Waals surface area contributed by atoms with Crippen LogP contribution in [-0.4, -0.2) is 16.7 Å². The van der Waals surface area contributed by atoms with E-state index in [0.29, 0.717) is 21.7 Å². The zero-order chi connectivity index (χ0) is 41.2. The van der Waals surface area contributed by atoms with Crippen molar-refractivity contribution in [2.75, 3.05) is 10.6 Å². The zero-order valence-corrected chi connectivity index (χ0v) is 36.1. The number of nitrogens with one attached hydrogen (secondary N) is 2. The van der Waals surface area contributed by atoms with Gasteiger partial charge in [-0.15, -0.1) is 25.3 Å². The van der Waals surface area contributed by atoms with E-state index >= 15 is 0 Å². The lowest BCUT2D eigenvalue weighted by Crippen LogP contribution is -2.12. The second-order valence-corrected chi connectivity index (χ2v) is 8.08. The average molecular weight is 744 g/mol. The van der Waals surface area contributed by atoms with Crippen LogP contribution >= 0.6 is 25.3 Å². The second kappa shape index (κ2) is 45.9. The third kappa shape index (κ3) is 28.3. The fourth-order valence-electron chi connectivity index (χ4n) is 2.87. The minimum absolute atomic E-state index is 0.0499. The highest BCUT2D eigenvalue weighted by Crippen LogP contribution is 2.21. The van der Waals surface area contributed by atoms with Crippen molar-refractivity contribution < 1.29 is 14.5 Å². The maximum atomic E-state index is 11.9. The molecule has 288 valence electrons. The van der Waals surface area contributed by atoms with Crippen LogP contribution in [0.1, 0.15) is 131 Å². The molecule has 0 aliphatic carbocycles. The van der Waals surface area contributed by atoms with E-state index < -0.39 is 4.92 Å². The number of nitro groups is 1. The third-order valence-electron chi connectivity index (χ3n) is 4.68. The Balaban J connectivity index is -0.000000143. The van der Waals surface area contributed by atoms with Crippen molar-refractivity contribution in [2.24, 2.45) is 0 Å². The molecule has 0 saturated heterocycles. The largest absolute Gasteiger partial charge is 0.321 e. The molecule has 4 rings (SSSR count). The first kappa shape index (κ1) is 59.1. The number of hydrogen-bond acceptors (Lipinski definition) is 6. The number of para-hydroxylation sites is 2. The summed E-state index contributed by atoms with van der Waals surface area (Å²) >= 11 is 8.49. The first-order chi connectivity index (χ1) is 24.8. The van der Waals surface area contributed by atoms with Crippen LogP contribution in [0, 0.1) is 10.1 Å². The Bertz CT molecular complexity index is 1340. The van der Waals surface area contributed by atoms with Crippen LogP contribution in [0.4, 0.5) is 17.1 Å². The molecular weight excluding hydrogens is 675 g/mol. The number of anilines is 2. The predicted octanol–water partition coefficient (Wildman–Crippen LogP) is 14.6. The Labute approximate surface area is 323 Å². The van der Waals surface area contributed by atoms with Gasteiger partial charge in [0.15, 0.2) is 0 Å². The molecule has 2 N–H and O–H groups in total. The summed E-state index contributed by atoms with van der Waals surface area (Å²) in [5.74, 6) is -0.460. The van der Waals surface area contributed by atoms with E-state index in [1.165, 1.54) is 24.3 Å². The van der Waals surface area contributed by atoms with Crippen LogP contribution in [0.15, 0.2) is 113 Å². The Morgan fingerprint density at radius 2 is 0.725 bits per heavy atom. The lowest BCUT2D eigenvalue weighted by atomic mass is 10.2. The van der Waals surface area contributed by atoms with Crippen LogP contribution in [0.25, 0.3) is 0 Å². The number of carbonyl (C=O) groups is 2. The van der Waals surface area contributed by atoms with Gasteiger partial charge in [0.05, 0.1) is 16.3 Å². The van der Waals surface area contributed by atoms with Gasteiger partial charge in [-0.2, -0.15) is 0 Å². The topological polar surface area (TPSA) is 101 Å². The van der Waals surface area contributed by atoms with E-state index in [-0.39, 0.29) is 17.5 Å². The van der Waals surface area contributed by atoms with E-state index in [1.54, 1.807) is 30.3 Å². The highest BCUT2D eigenvalue weighted by atomic mass is 32.1. The summed E-state index contributed by atoms with van der Waals surface area (Å²) in [6, 6.07) is 29.0. The third-order valence-corrected chi connectivity index (χ3v) is 5.46. The van der Waals surface area contributed by atoms with Crippen molar-refractivity contribution in [2.45, 2.75) is 121 Å². The molecule has 9 heteroatoms. The molecule has 0 saturated carbocycles. The predicted molar refractivity (Wildman–Crippen MR) is 234 cm³/mol. The lowest BCUT2D eigenvalue weighted by molar-refractivity contribution is -0.384. The van der Waals surface area contributed by atoms with E-state index in [2.05, 4.69) is 35.9 Å². The molecule has 4 aromatic rings. The first-order valence-corrected chi connectivity index (χ1v) is 19.2. The van der Waals surface area contributed by atoms with E-state index in [1.807, 2.05) is 159 Å². The molecule has 0 aliphatic heterocycles. The summed E-state index contributed by atoms with van der Waals surface area (Å²) in [5, 5.41) is 16.0. The maximum absolute atomic E-state index is 11.9. The highest BCUT2D eigenvalue weighted by Gasteiger charge is 2.10. The van der Waals surface area contributed by atoms with Crippen LogP contribution in [0.2, 0.25) is 0 Å². The van der Waals surface area contributed by atoms with Crippen molar-refractivity contribution in [1.82, 2.24) is 0 Å². The summed E-state index contributed by atoms with van der Waals surface area (Å²) < 4.78 is 0. The van der Waals surface area contributed by atoms with E-state index in [9.17, 15) is 19.7 Å². The Morgan fingerprint density at radius 3 is 1.02 bits per heavy atom. The van der Waals surface area contributed by atoms with Crippen LogP contribution in [-0.2, 0) is 0 Å². The van der Waals surface area contributed by atoms with Gasteiger partial charge in [-0.3, -0.25) is 19.7 Å². The minimum atomic E-state index is -0.509. The molecule has 0 atom stereocenters. The normalized spacial score (nSPS) is 7.73. The number of nitro benzene ring substituents is 1. The number of carbonyl (C=O) groups excluding carboxylic acids is 2. The molecule has 2 amide bonds. The van der Waals surface area contributed by atoms with Crippen molar-refractivity contribution >= 4 is 54.1 Å². The monoisotopic (exact) mass is 743 g/mol. The average Bonchev–Trinajstić information content (AvgIpc) is 3.23. The molecule has 51 heavy (non-hydrogen) atoms. The molecule has 0 aromatic heterocycles. The summed E-state index contributed by atoms with van der Waals surface area (Å²) in [6.07, 6.45) is 0. The van der Waals surface area contributed by atoms with Crippen LogP contribution in [0.5, 0.6) is 0 Å². The SMILES string of the molecule is CC.CC.CC.CC.CC.CC.CC.CC.O=C(Nc1ccccc1S)c1ccc([N+](=O)[O-])cc1.O=C(Nc1ccccc1S)c1ccccc1. The lowest BCUT2D eigenvalue weighted by Gasteiger charge is -2.07. The van der Waals surface area contributed by atoms with Gasteiger partial charge in [-0.05, 0) is 48.5 Å².